The Bertz CT molecular complexity index is 1370. The summed E-state index contributed by atoms with van der Waals surface area (Å²) in [6.07, 6.45) is 11.7. The summed E-state index contributed by atoms with van der Waals surface area (Å²) in [5.41, 5.74) is 9.31. The normalized spacial score (nSPS) is 13.8. The fraction of sp³-hybridized carbons (Fsp3) is 0.346. The average Bonchev–Trinajstić information content (AvgIpc) is 2.85. The van der Waals surface area contributed by atoms with Crippen LogP contribution in [0.1, 0.15) is 44.7 Å². The highest BCUT2D eigenvalue weighted by molar-refractivity contribution is 6.33. The van der Waals surface area contributed by atoms with Gasteiger partial charge in [-0.05, 0) is 38.8 Å². The fourth-order valence-electron chi connectivity index (χ4n) is 4.07. The number of fused-ring (bicyclic) bond motifs is 1. The van der Waals surface area contributed by atoms with E-state index in [-0.39, 0.29) is 5.56 Å². The van der Waals surface area contributed by atoms with Crippen molar-refractivity contribution in [3.05, 3.63) is 63.9 Å². The molecule has 182 valence electrons. The minimum absolute atomic E-state index is 0.265. The van der Waals surface area contributed by atoms with E-state index >= 15 is 0 Å². The number of halogens is 1. The number of nitrogens with one attached hydrogen (secondary N) is 2. The fourth-order valence-corrected chi connectivity index (χ4v) is 4.35. The number of nitrogens with two attached hydrogens (primary N) is 1. The van der Waals surface area contributed by atoms with E-state index in [9.17, 15) is 4.79 Å². The van der Waals surface area contributed by atoms with Gasteiger partial charge in [-0.2, -0.15) is 4.98 Å². The van der Waals surface area contributed by atoms with Crippen LogP contribution in [0, 0.1) is 6.92 Å². The van der Waals surface area contributed by atoms with Crippen LogP contribution in [0.3, 0.4) is 0 Å². The number of nitrogens with zero attached hydrogens (tertiary/aromatic N) is 4. The highest BCUT2D eigenvalue weighted by Gasteiger charge is 2.13. The lowest BCUT2D eigenvalue weighted by molar-refractivity contribution is 0.441. The monoisotopic (exact) mass is 491 g/mol. The first kappa shape index (κ1) is 24.8. The third-order valence-electron chi connectivity index (χ3n) is 5.89. The summed E-state index contributed by atoms with van der Waals surface area (Å²) in [5, 5.41) is 4.20. The Morgan fingerprint density at radius 2 is 1.89 bits per heavy atom. The molecular weight excluding hydrogens is 462 g/mol. The molecule has 4 aromatic rings. The Balaban J connectivity index is 0.000000356. The van der Waals surface area contributed by atoms with Crippen molar-refractivity contribution in [2.45, 2.75) is 52.0 Å². The molecule has 1 aliphatic rings. The lowest BCUT2D eigenvalue weighted by atomic mass is 9.97. The molecule has 0 aliphatic heterocycles. The molecule has 1 aromatic carbocycles. The van der Waals surface area contributed by atoms with E-state index < -0.39 is 0 Å². The van der Waals surface area contributed by atoms with E-state index in [1.54, 1.807) is 30.7 Å². The molecule has 3 heterocycles. The van der Waals surface area contributed by atoms with Crippen LogP contribution in [0.25, 0.3) is 33.4 Å². The van der Waals surface area contributed by atoms with Crippen molar-refractivity contribution in [1.29, 1.82) is 0 Å². The predicted octanol–water partition coefficient (Wildman–Crippen LogP) is 5.11. The van der Waals surface area contributed by atoms with Crippen molar-refractivity contribution in [1.82, 2.24) is 24.9 Å². The first-order valence-electron chi connectivity index (χ1n) is 11.9. The van der Waals surface area contributed by atoms with Gasteiger partial charge in [0.05, 0.1) is 17.6 Å². The molecule has 0 amide bonds. The quantitative estimate of drug-likeness (QED) is 0.362. The Hall–Kier alpha value is -3.36. The van der Waals surface area contributed by atoms with Gasteiger partial charge in [0, 0.05) is 52.1 Å². The molecular formula is C26H30ClN7O. The molecule has 0 radical (unpaired) electrons. The van der Waals surface area contributed by atoms with Gasteiger partial charge in [0.25, 0.3) is 5.56 Å². The highest BCUT2D eigenvalue weighted by atomic mass is 35.5. The second kappa shape index (κ2) is 11.4. The maximum absolute atomic E-state index is 12.6. The van der Waals surface area contributed by atoms with Crippen molar-refractivity contribution >= 4 is 28.6 Å². The Morgan fingerprint density at radius 1 is 1.09 bits per heavy atom. The number of anilines is 1. The third kappa shape index (κ3) is 6.21. The summed E-state index contributed by atoms with van der Waals surface area (Å²) in [4.78, 5) is 32.6. The molecule has 5 rings (SSSR count). The van der Waals surface area contributed by atoms with E-state index in [0.717, 1.165) is 22.3 Å². The van der Waals surface area contributed by atoms with Crippen LogP contribution in [-0.2, 0) is 0 Å². The van der Waals surface area contributed by atoms with Gasteiger partial charge in [-0.25, -0.2) is 9.97 Å². The van der Waals surface area contributed by atoms with Gasteiger partial charge in [0.1, 0.15) is 5.65 Å². The lowest BCUT2D eigenvalue weighted by Gasteiger charge is -2.15. The first-order valence-corrected chi connectivity index (χ1v) is 12.3. The maximum atomic E-state index is 12.6. The molecule has 1 aliphatic carbocycles. The van der Waals surface area contributed by atoms with Gasteiger partial charge in [0.2, 0.25) is 5.95 Å². The van der Waals surface area contributed by atoms with Crippen molar-refractivity contribution in [3.63, 3.8) is 0 Å². The van der Waals surface area contributed by atoms with Gasteiger partial charge in [0.15, 0.2) is 0 Å². The number of hydrogen-bond donors (Lipinski definition) is 3. The van der Waals surface area contributed by atoms with Crippen LogP contribution in [0.2, 0.25) is 5.02 Å². The summed E-state index contributed by atoms with van der Waals surface area (Å²) < 4.78 is 0. The van der Waals surface area contributed by atoms with E-state index in [0.29, 0.717) is 40.3 Å². The van der Waals surface area contributed by atoms with Crippen molar-refractivity contribution in [3.8, 4) is 22.4 Å². The zero-order chi connectivity index (χ0) is 24.8. The van der Waals surface area contributed by atoms with Crippen LogP contribution in [0.5, 0.6) is 0 Å². The zero-order valence-corrected chi connectivity index (χ0v) is 20.8. The van der Waals surface area contributed by atoms with Crippen molar-refractivity contribution < 1.29 is 0 Å². The van der Waals surface area contributed by atoms with Crippen molar-refractivity contribution in [2.24, 2.45) is 5.73 Å². The van der Waals surface area contributed by atoms with Gasteiger partial charge >= 0.3 is 0 Å². The van der Waals surface area contributed by atoms with Crippen molar-refractivity contribution in [2.75, 3.05) is 11.9 Å². The molecule has 8 nitrogen and oxygen atoms in total. The van der Waals surface area contributed by atoms with E-state index in [1.807, 2.05) is 26.0 Å². The van der Waals surface area contributed by atoms with Crippen LogP contribution < -0.4 is 16.6 Å². The minimum atomic E-state index is -0.265. The van der Waals surface area contributed by atoms with Crippen LogP contribution in [-0.4, -0.2) is 37.5 Å². The topological polar surface area (TPSA) is 122 Å². The Kier molecular flexibility index (Phi) is 8.05. The van der Waals surface area contributed by atoms with E-state index in [1.165, 1.54) is 32.1 Å². The van der Waals surface area contributed by atoms with Gasteiger partial charge in [-0.3, -0.25) is 9.78 Å². The lowest BCUT2D eigenvalue weighted by Crippen LogP contribution is -2.22. The Morgan fingerprint density at radius 3 is 2.54 bits per heavy atom. The number of aromatic nitrogens is 5. The van der Waals surface area contributed by atoms with E-state index in [4.69, 9.17) is 17.3 Å². The predicted molar refractivity (Wildman–Crippen MR) is 142 cm³/mol. The van der Waals surface area contributed by atoms with Gasteiger partial charge in [-0.1, -0.05) is 43.0 Å². The van der Waals surface area contributed by atoms with Gasteiger partial charge in [-0.15, -0.1) is 0 Å². The molecule has 3 aromatic heterocycles. The molecule has 0 bridgehead atoms. The molecule has 0 spiro atoms. The van der Waals surface area contributed by atoms with Crippen LogP contribution >= 0.6 is 11.6 Å². The van der Waals surface area contributed by atoms with E-state index in [2.05, 4.69) is 30.2 Å². The second-order valence-corrected chi connectivity index (χ2v) is 9.09. The minimum Gasteiger partial charge on any atom is -0.354 e. The smallest absolute Gasteiger partial charge is 0.257 e. The number of aromatic amines is 1. The molecule has 1 fully saturated rings. The molecule has 0 saturated heterocycles. The summed E-state index contributed by atoms with van der Waals surface area (Å²) in [6.45, 7) is 4.53. The first-order chi connectivity index (χ1) is 16.9. The molecule has 9 heteroatoms. The third-order valence-corrected chi connectivity index (χ3v) is 6.20. The number of aryl methyl sites for hydroxylation is 1. The summed E-state index contributed by atoms with van der Waals surface area (Å²) in [6, 6.07) is 7.76. The molecule has 35 heavy (non-hydrogen) atoms. The summed E-state index contributed by atoms with van der Waals surface area (Å²) in [7, 11) is 0. The van der Waals surface area contributed by atoms with Gasteiger partial charge < -0.3 is 16.0 Å². The molecule has 4 N–H and O–H groups in total. The molecule has 0 atom stereocenters. The zero-order valence-electron chi connectivity index (χ0n) is 20.0. The Labute approximate surface area is 209 Å². The number of rotatable bonds is 4. The summed E-state index contributed by atoms with van der Waals surface area (Å²) in [5.74, 6) is 0.472. The van der Waals surface area contributed by atoms with Crippen LogP contribution in [0.15, 0.2) is 47.7 Å². The second-order valence-electron chi connectivity index (χ2n) is 8.68. The molecule has 0 unspecified atom stereocenters. The number of H-pyrrole nitrogens is 1. The number of pyridine rings is 1. The molecule has 1 saturated carbocycles. The summed E-state index contributed by atoms with van der Waals surface area (Å²) >= 11 is 6.50. The average molecular weight is 492 g/mol. The van der Waals surface area contributed by atoms with Crippen LogP contribution in [0.4, 0.5) is 5.95 Å². The number of hydrogen-bond acceptors (Lipinski definition) is 7. The highest BCUT2D eigenvalue weighted by Crippen LogP contribution is 2.31. The SMILES string of the molecule is CCNc1ncc2cc(-c3ccc(-c4cncc(C)n4)cc3Cl)c(=O)[nH]c2n1.NC1CCCCC1. The maximum Gasteiger partial charge on any atom is 0.257 e. The largest absolute Gasteiger partial charge is 0.354 e. The standard InChI is InChI=1S/C20H17ClN6O.C6H13N/c1-3-23-20-24-9-13-6-15(19(28)26-18(13)27-20)14-5-4-12(7-16(14)21)17-10-22-8-11(2)25-17;7-6-4-2-1-3-5-6/h4-10H,3H2,1-2H3,(H2,23,24,26,27,28);6H,1-5,7H2. The number of benzene rings is 1.